The number of likely N-dealkylation sites (N-methyl/N-ethyl adjacent to an activating group) is 1. The van der Waals surface area contributed by atoms with Crippen molar-refractivity contribution in [3.8, 4) is 5.75 Å². The standard InChI is InChI=1S/C21H30N4O2/c1-6-27-20-10-8-7-9-18(20)23-21(26)22-15-19(25(4)5)16-11-13-17(14-12-16)24(2)3/h7-14,19H,6,15H2,1-5H3,(H2,22,23,26)/t19-/m0/s1. The van der Waals surface area contributed by atoms with Gasteiger partial charge in [0.2, 0.25) is 0 Å². The van der Waals surface area contributed by atoms with Crippen LogP contribution >= 0.6 is 0 Å². The third-order valence-electron chi connectivity index (χ3n) is 4.31. The van der Waals surface area contributed by atoms with E-state index in [-0.39, 0.29) is 12.1 Å². The fourth-order valence-electron chi connectivity index (χ4n) is 2.80. The van der Waals surface area contributed by atoms with Crippen LogP contribution in [0.25, 0.3) is 0 Å². The largest absolute Gasteiger partial charge is 0.492 e. The average molecular weight is 370 g/mol. The molecule has 0 aromatic heterocycles. The summed E-state index contributed by atoms with van der Waals surface area (Å²) in [5.74, 6) is 0.665. The van der Waals surface area contributed by atoms with Crippen molar-refractivity contribution in [2.24, 2.45) is 0 Å². The first-order valence-corrected chi connectivity index (χ1v) is 9.12. The van der Waals surface area contributed by atoms with E-state index in [2.05, 4.69) is 44.7 Å². The highest BCUT2D eigenvalue weighted by Gasteiger charge is 2.16. The SMILES string of the molecule is CCOc1ccccc1NC(=O)NC[C@@H](c1ccc(N(C)C)cc1)N(C)C. The normalized spacial score (nSPS) is 11.8. The predicted octanol–water partition coefficient (Wildman–Crippen LogP) is 3.58. The summed E-state index contributed by atoms with van der Waals surface area (Å²) in [5.41, 5.74) is 2.96. The van der Waals surface area contributed by atoms with Gasteiger partial charge in [-0.2, -0.15) is 0 Å². The van der Waals surface area contributed by atoms with Gasteiger partial charge in [0, 0.05) is 26.3 Å². The van der Waals surface area contributed by atoms with E-state index in [1.807, 2.05) is 59.4 Å². The van der Waals surface area contributed by atoms with Crippen LogP contribution in [0, 0.1) is 0 Å². The molecule has 0 unspecified atom stereocenters. The molecule has 0 aliphatic heterocycles. The summed E-state index contributed by atoms with van der Waals surface area (Å²) in [5, 5.41) is 5.82. The Morgan fingerprint density at radius 3 is 2.30 bits per heavy atom. The van der Waals surface area contributed by atoms with Gasteiger partial charge in [0.15, 0.2) is 0 Å². The second kappa shape index (κ2) is 9.83. The molecular formula is C21H30N4O2. The molecule has 1 atom stereocenters. The second-order valence-electron chi connectivity index (χ2n) is 6.73. The molecule has 6 nitrogen and oxygen atoms in total. The van der Waals surface area contributed by atoms with Gasteiger partial charge >= 0.3 is 6.03 Å². The third-order valence-corrected chi connectivity index (χ3v) is 4.31. The summed E-state index contributed by atoms with van der Waals surface area (Å²) in [7, 11) is 8.05. The molecule has 2 rings (SSSR count). The first-order chi connectivity index (χ1) is 12.9. The maximum absolute atomic E-state index is 12.4. The van der Waals surface area contributed by atoms with Crippen LogP contribution in [0.3, 0.4) is 0 Å². The van der Waals surface area contributed by atoms with Crippen LogP contribution < -0.4 is 20.3 Å². The van der Waals surface area contributed by atoms with Gasteiger partial charge in [-0.05, 0) is 50.8 Å². The summed E-state index contributed by atoms with van der Waals surface area (Å²) in [4.78, 5) is 16.5. The number of carbonyl (C=O) groups is 1. The molecule has 2 aromatic carbocycles. The predicted molar refractivity (Wildman–Crippen MR) is 112 cm³/mol. The van der Waals surface area contributed by atoms with Crippen molar-refractivity contribution in [3.63, 3.8) is 0 Å². The van der Waals surface area contributed by atoms with Crippen molar-refractivity contribution in [3.05, 3.63) is 54.1 Å². The van der Waals surface area contributed by atoms with E-state index in [0.717, 1.165) is 11.3 Å². The summed E-state index contributed by atoms with van der Waals surface area (Å²) < 4.78 is 5.55. The van der Waals surface area contributed by atoms with Gasteiger partial charge in [0.05, 0.1) is 18.3 Å². The molecule has 0 saturated heterocycles. The topological polar surface area (TPSA) is 56.8 Å². The Kier molecular flexibility index (Phi) is 7.49. The Morgan fingerprint density at radius 1 is 1.04 bits per heavy atom. The summed E-state index contributed by atoms with van der Waals surface area (Å²) >= 11 is 0. The van der Waals surface area contributed by atoms with E-state index < -0.39 is 0 Å². The molecule has 146 valence electrons. The third kappa shape index (κ3) is 5.89. The number of hydrogen-bond donors (Lipinski definition) is 2. The van der Waals surface area contributed by atoms with Crippen LogP contribution in [0.15, 0.2) is 48.5 Å². The Labute approximate surface area is 162 Å². The van der Waals surface area contributed by atoms with Gasteiger partial charge in [0.25, 0.3) is 0 Å². The van der Waals surface area contributed by atoms with Crippen LogP contribution in [0.2, 0.25) is 0 Å². The van der Waals surface area contributed by atoms with Crippen molar-refractivity contribution in [1.29, 1.82) is 0 Å². The molecule has 0 radical (unpaired) electrons. The summed E-state index contributed by atoms with van der Waals surface area (Å²) in [6.45, 7) is 2.96. The van der Waals surface area contributed by atoms with E-state index >= 15 is 0 Å². The molecule has 0 aliphatic rings. The number of benzene rings is 2. The van der Waals surface area contributed by atoms with Crippen molar-refractivity contribution in [1.82, 2.24) is 10.2 Å². The number of nitrogens with zero attached hydrogens (tertiary/aromatic N) is 2. The molecule has 6 heteroatoms. The van der Waals surface area contributed by atoms with Crippen molar-refractivity contribution >= 4 is 17.4 Å². The fraction of sp³-hybridized carbons (Fsp3) is 0.381. The number of carbonyl (C=O) groups excluding carboxylic acids is 1. The number of hydrogen-bond acceptors (Lipinski definition) is 4. The zero-order valence-electron chi connectivity index (χ0n) is 16.8. The monoisotopic (exact) mass is 370 g/mol. The molecule has 0 spiro atoms. The van der Waals surface area contributed by atoms with Gasteiger partial charge in [-0.3, -0.25) is 0 Å². The van der Waals surface area contributed by atoms with Crippen LogP contribution in [-0.4, -0.2) is 52.3 Å². The number of rotatable bonds is 8. The number of amides is 2. The average Bonchev–Trinajstić information content (AvgIpc) is 2.64. The highest BCUT2D eigenvalue weighted by molar-refractivity contribution is 5.90. The van der Waals surface area contributed by atoms with E-state index in [0.29, 0.717) is 24.6 Å². The van der Waals surface area contributed by atoms with Crippen molar-refractivity contribution in [2.75, 3.05) is 51.6 Å². The Balaban J connectivity index is 2.00. The number of para-hydroxylation sites is 2. The first-order valence-electron chi connectivity index (χ1n) is 9.12. The highest BCUT2D eigenvalue weighted by Crippen LogP contribution is 2.24. The Hall–Kier alpha value is -2.73. The molecular weight excluding hydrogens is 340 g/mol. The zero-order valence-corrected chi connectivity index (χ0v) is 16.8. The quantitative estimate of drug-likeness (QED) is 0.746. The van der Waals surface area contributed by atoms with Crippen LogP contribution in [0.4, 0.5) is 16.2 Å². The minimum absolute atomic E-state index is 0.0779. The molecule has 2 aromatic rings. The smallest absolute Gasteiger partial charge is 0.319 e. The zero-order chi connectivity index (χ0) is 19.8. The lowest BCUT2D eigenvalue weighted by Gasteiger charge is -2.26. The molecule has 0 bridgehead atoms. The summed E-state index contributed by atoms with van der Waals surface area (Å²) in [6.07, 6.45) is 0. The lowest BCUT2D eigenvalue weighted by molar-refractivity contribution is 0.243. The number of urea groups is 1. The van der Waals surface area contributed by atoms with Gasteiger partial charge in [0.1, 0.15) is 5.75 Å². The minimum Gasteiger partial charge on any atom is -0.492 e. The molecule has 0 fully saturated rings. The van der Waals surface area contributed by atoms with Crippen molar-refractivity contribution in [2.45, 2.75) is 13.0 Å². The first kappa shape index (κ1) is 20.6. The van der Waals surface area contributed by atoms with E-state index in [4.69, 9.17) is 4.74 Å². The lowest BCUT2D eigenvalue weighted by atomic mass is 10.1. The lowest BCUT2D eigenvalue weighted by Crippen LogP contribution is -2.37. The van der Waals surface area contributed by atoms with Crippen LogP contribution in [0.1, 0.15) is 18.5 Å². The Morgan fingerprint density at radius 2 is 1.70 bits per heavy atom. The van der Waals surface area contributed by atoms with E-state index in [1.165, 1.54) is 0 Å². The van der Waals surface area contributed by atoms with Gasteiger partial charge < -0.3 is 25.2 Å². The number of nitrogens with one attached hydrogen (secondary N) is 2. The molecule has 0 saturated carbocycles. The second-order valence-corrected chi connectivity index (χ2v) is 6.73. The van der Waals surface area contributed by atoms with Crippen molar-refractivity contribution < 1.29 is 9.53 Å². The van der Waals surface area contributed by atoms with E-state index in [1.54, 1.807) is 0 Å². The number of ether oxygens (including phenoxy) is 1. The van der Waals surface area contributed by atoms with Gasteiger partial charge in [-0.25, -0.2) is 4.79 Å². The molecule has 2 amide bonds. The maximum Gasteiger partial charge on any atom is 0.319 e. The fourth-order valence-corrected chi connectivity index (χ4v) is 2.80. The molecule has 27 heavy (non-hydrogen) atoms. The Bertz CT molecular complexity index is 729. The number of anilines is 2. The van der Waals surface area contributed by atoms with E-state index in [9.17, 15) is 4.79 Å². The summed E-state index contributed by atoms with van der Waals surface area (Å²) in [6, 6.07) is 15.6. The molecule has 0 heterocycles. The highest BCUT2D eigenvalue weighted by atomic mass is 16.5. The van der Waals surface area contributed by atoms with Crippen LogP contribution in [-0.2, 0) is 0 Å². The maximum atomic E-state index is 12.4. The minimum atomic E-state index is -0.251. The molecule has 0 aliphatic carbocycles. The van der Waals surface area contributed by atoms with Gasteiger partial charge in [-0.15, -0.1) is 0 Å². The molecule has 2 N–H and O–H groups in total. The van der Waals surface area contributed by atoms with Gasteiger partial charge in [-0.1, -0.05) is 24.3 Å². The van der Waals surface area contributed by atoms with Crippen LogP contribution in [0.5, 0.6) is 5.75 Å².